The normalized spacial score (nSPS) is 21.7. The molecule has 0 unspecified atom stereocenters. The van der Waals surface area contributed by atoms with Crippen LogP contribution < -0.4 is 0 Å². The second-order valence-corrected chi connectivity index (χ2v) is 8.28. The molecular weight excluding hydrogens is 356 g/mol. The third kappa shape index (κ3) is 3.65. The van der Waals surface area contributed by atoms with Gasteiger partial charge in [0.1, 0.15) is 0 Å². The van der Waals surface area contributed by atoms with E-state index in [0.717, 1.165) is 6.42 Å². The van der Waals surface area contributed by atoms with Gasteiger partial charge in [-0.15, -0.1) is 45.9 Å². The molecule has 0 spiro atoms. The van der Waals surface area contributed by atoms with Crippen LogP contribution in [0.4, 0.5) is 0 Å². The van der Waals surface area contributed by atoms with E-state index in [1.165, 1.54) is 29.6 Å². The van der Waals surface area contributed by atoms with Crippen molar-refractivity contribution in [2.75, 3.05) is 0 Å². The van der Waals surface area contributed by atoms with E-state index in [1.54, 1.807) is 22.6 Å². The van der Waals surface area contributed by atoms with Gasteiger partial charge in [-0.2, -0.15) is 18.2 Å². The maximum atomic E-state index is 2.46. The summed E-state index contributed by atoms with van der Waals surface area (Å²) in [4.78, 5) is 0. The van der Waals surface area contributed by atoms with E-state index in [9.17, 15) is 0 Å². The van der Waals surface area contributed by atoms with Crippen LogP contribution in [0, 0.1) is 11.3 Å². The SMILES string of the molecule is CC1=CC2=CC3=C(CC(C)(C)C3)C(=C3C=CC=C3)[C-]2C1.[Fe+2].c1cc[cH-]c1. The van der Waals surface area contributed by atoms with Gasteiger partial charge in [0.05, 0.1) is 0 Å². The van der Waals surface area contributed by atoms with Gasteiger partial charge in [-0.25, -0.2) is 12.1 Å². The zero-order valence-electron chi connectivity index (χ0n) is 15.8. The number of allylic oxidation sites excluding steroid dienone is 12. The first-order chi connectivity index (χ1) is 12.0. The molecule has 0 radical (unpaired) electrons. The van der Waals surface area contributed by atoms with Crippen LogP contribution in [0.2, 0.25) is 0 Å². The van der Waals surface area contributed by atoms with Gasteiger partial charge >= 0.3 is 17.1 Å². The maximum Gasteiger partial charge on any atom is 2.00 e. The molecule has 0 saturated heterocycles. The Balaban J connectivity index is 0.000000285. The van der Waals surface area contributed by atoms with Crippen molar-refractivity contribution in [2.24, 2.45) is 5.41 Å². The molecular formula is C25H26Fe. The minimum Gasteiger partial charge on any atom is -0.214 e. The van der Waals surface area contributed by atoms with Crippen molar-refractivity contribution in [3.63, 3.8) is 0 Å². The summed E-state index contributed by atoms with van der Waals surface area (Å²) in [5.74, 6) is 1.56. The number of hydrogen-bond acceptors (Lipinski definition) is 0. The second-order valence-electron chi connectivity index (χ2n) is 8.28. The average molecular weight is 382 g/mol. The molecule has 1 heteroatoms. The van der Waals surface area contributed by atoms with E-state index >= 15 is 0 Å². The quantitative estimate of drug-likeness (QED) is 0.342. The number of fused-ring (bicyclic) bond motifs is 1. The molecule has 0 aromatic heterocycles. The Bertz CT molecular complexity index is 817. The molecule has 134 valence electrons. The van der Waals surface area contributed by atoms with Crippen LogP contribution in [0.3, 0.4) is 0 Å². The van der Waals surface area contributed by atoms with Gasteiger partial charge in [0.15, 0.2) is 0 Å². The predicted octanol–water partition coefficient (Wildman–Crippen LogP) is 6.79. The smallest absolute Gasteiger partial charge is 0.214 e. The molecule has 4 aliphatic rings. The predicted molar refractivity (Wildman–Crippen MR) is 107 cm³/mol. The molecule has 1 aromatic rings. The Morgan fingerprint density at radius 3 is 2.31 bits per heavy atom. The zero-order valence-corrected chi connectivity index (χ0v) is 16.9. The van der Waals surface area contributed by atoms with E-state index < -0.39 is 0 Å². The van der Waals surface area contributed by atoms with Gasteiger partial charge in [-0.1, -0.05) is 50.6 Å². The molecule has 0 saturated carbocycles. The maximum absolute atomic E-state index is 2.46. The third-order valence-corrected chi connectivity index (χ3v) is 5.36. The van der Waals surface area contributed by atoms with Gasteiger partial charge in [-0.3, -0.25) is 0 Å². The molecule has 5 rings (SSSR count). The molecule has 1 aromatic carbocycles. The molecule has 4 aliphatic carbocycles. The Labute approximate surface area is 168 Å². The molecule has 26 heavy (non-hydrogen) atoms. The van der Waals surface area contributed by atoms with Crippen molar-refractivity contribution in [3.05, 3.63) is 106 Å². The molecule has 0 fully saturated rings. The zero-order chi connectivity index (χ0) is 17.4. The van der Waals surface area contributed by atoms with Crippen LogP contribution in [0.15, 0.2) is 100 Å². The first kappa shape index (κ1) is 19.0. The van der Waals surface area contributed by atoms with E-state index in [-0.39, 0.29) is 17.1 Å². The molecule has 0 amide bonds. The van der Waals surface area contributed by atoms with Gasteiger partial charge in [-0.05, 0) is 24.7 Å². The Morgan fingerprint density at radius 1 is 1.00 bits per heavy atom. The Hall–Kier alpha value is -1.82. The molecule has 0 bridgehead atoms. The Morgan fingerprint density at radius 2 is 1.69 bits per heavy atom. The Kier molecular flexibility index (Phi) is 5.42. The summed E-state index contributed by atoms with van der Waals surface area (Å²) < 4.78 is 0. The van der Waals surface area contributed by atoms with Crippen molar-refractivity contribution in [3.8, 4) is 0 Å². The van der Waals surface area contributed by atoms with E-state index in [2.05, 4.69) is 57.2 Å². The van der Waals surface area contributed by atoms with E-state index in [1.807, 2.05) is 30.3 Å². The van der Waals surface area contributed by atoms with Gasteiger partial charge in [0.25, 0.3) is 0 Å². The number of hydrogen-bond donors (Lipinski definition) is 0. The molecule has 0 N–H and O–H groups in total. The van der Waals surface area contributed by atoms with Gasteiger partial charge in [0.2, 0.25) is 0 Å². The van der Waals surface area contributed by atoms with Crippen LogP contribution in [0.1, 0.15) is 40.0 Å². The summed E-state index contributed by atoms with van der Waals surface area (Å²) in [6.07, 6.45) is 17.3. The summed E-state index contributed by atoms with van der Waals surface area (Å²) in [7, 11) is 0. The van der Waals surface area contributed by atoms with Crippen molar-refractivity contribution >= 4 is 0 Å². The topological polar surface area (TPSA) is 0 Å². The summed E-state index contributed by atoms with van der Waals surface area (Å²) in [5.41, 5.74) is 9.53. The summed E-state index contributed by atoms with van der Waals surface area (Å²) in [6, 6.07) is 10.0. The minimum absolute atomic E-state index is 0. The van der Waals surface area contributed by atoms with E-state index in [0.29, 0.717) is 5.41 Å². The van der Waals surface area contributed by atoms with E-state index in [4.69, 9.17) is 0 Å². The van der Waals surface area contributed by atoms with Gasteiger partial charge < -0.3 is 0 Å². The second kappa shape index (κ2) is 7.43. The third-order valence-electron chi connectivity index (χ3n) is 5.36. The summed E-state index contributed by atoms with van der Waals surface area (Å²) >= 11 is 0. The average Bonchev–Trinajstić information content (AvgIpc) is 3.32. The molecule has 0 heterocycles. The number of rotatable bonds is 0. The van der Waals surface area contributed by atoms with Gasteiger partial charge in [0, 0.05) is 0 Å². The van der Waals surface area contributed by atoms with Crippen molar-refractivity contribution in [1.82, 2.24) is 0 Å². The first-order valence-electron chi connectivity index (χ1n) is 9.27. The van der Waals surface area contributed by atoms with Crippen LogP contribution in [-0.2, 0) is 17.1 Å². The minimum atomic E-state index is 0. The fourth-order valence-corrected chi connectivity index (χ4v) is 4.39. The fraction of sp³-hybridized carbons (Fsp3) is 0.280. The van der Waals surface area contributed by atoms with Crippen molar-refractivity contribution in [1.29, 1.82) is 0 Å². The molecule has 0 nitrogen and oxygen atoms in total. The largest absolute Gasteiger partial charge is 2.00 e. The molecule has 0 atom stereocenters. The van der Waals surface area contributed by atoms with Crippen LogP contribution >= 0.6 is 0 Å². The fourth-order valence-electron chi connectivity index (χ4n) is 4.39. The van der Waals surface area contributed by atoms with Crippen LogP contribution in [0.5, 0.6) is 0 Å². The molecule has 0 aliphatic heterocycles. The summed E-state index contributed by atoms with van der Waals surface area (Å²) in [5, 5.41) is 0. The van der Waals surface area contributed by atoms with Crippen molar-refractivity contribution in [2.45, 2.75) is 40.0 Å². The van der Waals surface area contributed by atoms with Crippen molar-refractivity contribution < 1.29 is 17.1 Å². The summed E-state index contributed by atoms with van der Waals surface area (Å²) in [6.45, 7) is 7.05. The van der Waals surface area contributed by atoms with Crippen LogP contribution in [0.25, 0.3) is 0 Å². The standard InChI is InChI=1S/C20H21.C5H5.Fe/c1-13-8-15-10-16-11-20(2,3)12-18(16)19(17(15)9-13)14-6-4-5-7-14;1-2-4-5-3-1;/h4-8,10H,9,11-12H2,1-3H3;1-5H;/q2*-1;+2. The van der Waals surface area contributed by atoms with Crippen LogP contribution in [-0.4, -0.2) is 0 Å². The first-order valence-corrected chi connectivity index (χ1v) is 9.27. The monoisotopic (exact) mass is 382 g/mol.